The summed E-state index contributed by atoms with van der Waals surface area (Å²) in [5, 5.41) is 0. The van der Waals surface area contributed by atoms with Crippen molar-refractivity contribution in [3.05, 3.63) is 34.9 Å². The lowest BCUT2D eigenvalue weighted by atomic mass is 9.55. The van der Waals surface area contributed by atoms with Crippen LogP contribution in [0.5, 0.6) is 0 Å². The molecule has 3 saturated heterocycles. The average Bonchev–Trinajstić information content (AvgIpc) is 2.46. The highest BCUT2D eigenvalue weighted by molar-refractivity contribution is 6.05. The summed E-state index contributed by atoms with van der Waals surface area (Å²) in [4.78, 5) is 16.0. The van der Waals surface area contributed by atoms with E-state index in [0.717, 1.165) is 44.5 Å². The van der Waals surface area contributed by atoms with E-state index in [4.69, 9.17) is 0 Å². The first-order valence-corrected chi connectivity index (χ1v) is 8.31. The van der Waals surface area contributed by atoms with Crippen molar-refractivity contribution in [1.29, 1.82) is 0 Å². The Morgan fingerprint density at radius 1 is 1.19 bits per heavy atom. The van der Waals surface area contributed by atoms with Crippen molar-refractivity contribution in [2.24, 2.45) is 11.3 Å². The van der Waals surface area contributed by atoms with Crippen LogP contribution in [-0.2, 0) is 11.8 Å². The quantitative estimate of drug-likeness (QED) is 0.727. The molecule has 1 aliphatic carbocycles. The van der Waals surface area contributed by atoms with Crippen LogP contribution in [0.3, 0.4) is 0 Å². The van der Waals surface area contributed by atoms with Gasteiger partial charge in [-0.2, -0.15) is 0 Å². The Morgan fingerprint density at radius 2 is 1.90 bits per heavy atom. The van der Waals surface area contributed by atoms with Gasteiger partial charge in [0, 0.05) is 17.5 Å². The van der Waals surface area contributed by atoms with Crippen molar-refractivity contribution >= 4 is 5.78 Å². The number of piperidine rings is 3. The molecule has 1 aromatic carbocycles. The molecule has 3 aliphatic heterocycles. The first-order chi connectivity index (χ1) is 9.92. The van der Waals surface area contributed by atoms with E-state index in [9.17, 15) is 4.79 Å². The van der Waals surface area contributed by atoms with Gasteiger partial charge in [-0.3, -0.25) is 4.79 Å². The second-order valence-corrected chi connectivity index (χ2v) is 8.28. The van der Waals surface area contributed by atoms with E-state index in [0.29, 0.717) is 11.7 Å². The molecule has 5 rings (SSSR count). The maximum absolute atomic E-state index is 13.5. The van der Waals surface area contributed by atoms with Crippen LogP contribution in [0, 0.1) is 11.3 Å². The molecule has 1 spiro atoms. The van der Waals surface area contributed by atoms with E-state index in [1.165, 1.54) is 11.1 Å². The Labute approximate surface area is 127 Å². The number of rotatable bonds is 0. The average molecular weight is 283 g/mol. The Balaban J connectivity index is 1.89. The smallest absolute Gasteiger partial charge is 0.170 e. The van der Waals surface area contributed by atoms with E-state index >= 15 is 0 Å². The van der Waals surface area contributed by atoms with Gasteiger partial charge in [0.15, 0.2) is 5.78 Å². The van der Waals surface area contributed by atoms with Gasteiger partial charge in [0.1, 0.15) is 0 Å². The maximum atomic E-state index is 13.5. The zero-order valence-electron chi connectivity index (χ0n) is 13.4. The zero-order valence-corrected chi connectivity index (χ0v) is 13.4. The fourth-order valence-electron chi connectivity index (χ4n) is 4.88. The summed E-state index contributed by atoms with van der Waals surface area (Å²) < 4.78 is 0. The number of benzene rings is 1. The normalized spacial score (nSPS) is 34.5. The SMILES string of the molecule is CC(C)(C)c1cccc2c1C(=O)C13CCN(CC1)CC3C2. The van der Waals surface area contributed by atoms with Gasteiger partial charge in [0.05, 0.1) is 0 Å². The van der Waals surface area contributed by atoms with E-state index in [2.05, 4.69) is 43.9 Å². The number of fused-ring (bicyclic) bond motifs is 3. The van der Waals surface area contributed by atoms with E-state index < -0.39 is 0 Å². The third-order valence-corrected chi connectivity index (χ3v) is 6.11. The molecule has 0 radical (unpaired) electrons. The van der Waals surface area contributed by atoms with Crippen LogP contribution in [-0.4, -0.2) is 30.3 Å². The predicted molar refractivity (Wildman–Crippen MR) is 84.8 cm³/mol. The molecular weight excluding hydrogens is 258 g/mol. The van der Waals surface area contributed by atoms with Crippen LogP contribution in [0.15, 0.2) is 18.2 Å². The van der Waals surface area contributed by atoms with Crippen LogP contribution in [0.4, 0.5) is 0 Å². The van der Waals surface area contributed by atoms with Crippen LogP contribution < -0.4 is 0 Å². The largest absolute Gasteiger partial charge is 0.303 e. The maximum Gasteiger partial charge on any atom is 0.170 e. The number of nitrogens with zero attached hydrogens (tertiary/aromatic N) is 1. The van der Waals surface area contributed by atoms with Crippen LogP contribution >= 0.6 is 0 Å². The van der Waals surface area contributed by atoms with Crippen molar-refractivity contribution in [2.75, 3.05) is 19.6 Å². The third-order valence-electron chi connectivity index (χ3n) is 6.11. The lowest BCUT2D eigenvalue weighted by molar-refractivity contribution is -0.0220. The molecule has 0 amide bonds. The molecule has 1 atom stereocenters. The zero-order chi connectivity index (χ0) is 14.8. The summed E-state index contributed by atoms with van der Waals surface area (Å²) in [6.07, 6.45) is 3.25. The number of hydrogen-bond donors (Lipinski definition) is 0. The van der Waals surface area contributed by atoms with Crippen molar-refractivity contribution in [3.63, 3.8) is 0 Å². The third kappa shape index (κ3) is 1.78. The Morgan fingerprint density at radius 3 is 2.57 bits per heavy atom. The highest BCUT2D eigenvalue weighted by atomic mass is 16.1. The highest BCUT2D eigenvalue weighted by Gasteiger charge is 2.55. The molecule has 1 unspecified atom stereocenters. The molecule has 4 aliphatic rings. The number of carbonyl (C=O) groups excluding carboxylic acids is 1. The molecule has 112 valence electrons. The first-order valence-electron chi connectivity index (χ1n) is 8.31. The molecular formula is C19H25NO. The van der Waals surface area contributed by atoms with Gasteiger partial charge < -0.3 is 4.90 Å². The van der Waals surface area contributed by atoms with Gasteiger partial charge in [-0.25, -0.2) is 0 Å². The van der Waals surface area contributed by atoms with Crippen molar-refractivity contribution in [3.8, 4) is 0 Å². The second kappa shape index (κ2) is 4.19. The van der Waals surface area contributed by atoms with Crippen LogP contribution in [0.1, 0.15) is 55.1 Å². The summed E-state index contributed by atoms with van der Waals surface area (Å²) in [5.41, 5.74) is 3.64. The van der Waals surface area contributed by atoms with E-state index in [-0.39, 0.29) is 10.8 Å². The van der Waals surface area contributed by atoms with Crippen LogP contribution in [0.25, 0.3) is 0 Å². The molecule has 0 N–H and O–H groups in total. The molecule has 3 heterocycles. The van der Waals surface area contributed by atoms with Gasteiger partial charge in [0.2, 0.25) is 0 Å². The Kier molecular flexibility index (Phi) is 2.70. The van der Waals surface area contributed by atoms with Gasteiger partial charge in [-0.15, -0.1) is 0 Å². The molecule has 2 heteroatoms. The Bertz CT molecular complexity index is 602. The molecule has 2 bridgehead atoms. The van der Waals surface area contributed by atoms with Gasteiger partial charge in [-0.05, 0) is 54.8 Å². The van der Waals surface area contributed by atoms with Crippen molar-refractivity contribution in [2.45, 2.75) is 45.4 Å². The minimum Gasteiger partial charge on any atom is -0.303 e. The predicted octanol–water partition coefficient (Wildman–Crippen LogP) is 3.43. The number of hydrogen-bond acceptors (Lipinski definition) is 2. The molecule has 21 heavy (non-hydrogen) atoms. The summed E-state index contributed by atoms with van der Waals surface area (Å²) in [6, 6.07) is 6.50. The summed E-state index contributed by atoms with van der Waals surface area (Å²) in [7, 11) is 0. The number of Topliss-reactive ketones (excluding diaryl/α,β-unsaturated/α-hetero) is 1. The monoisotopic (exact) mass is 283 g/mol. The summed E-state index contributed by atoms with van der Waals surface area (Å²) in [6.45, 7) is 10.0. The number of ketones is 1. The highest BCUT2D eigenvalue weighted by Crippen LogP contribution is 2.52. The van der Waals surface area contributed by atoms with Gasteiger partial charge >= 0.3 is 0 Å². The number of carbonyl (C=O) groups is 1. The standard InChI is InChI=1S/C19H25NO/c1-18(2,3)15-6-4-5-13-11-14-12-20-9-7-19(14,8-10-20)17(21)16(13)15/h4-6,14H,7-12H2,1-3H3. The molecule has 0 saturated carbocycles. The Hall–Kier alpha value is -1.15. The summed E-state index contributed by atoms with van der Waals surface area (Å²) >= 11 is 0. The van der Waals surface area contributed by atoms with E-state index in [1.807, 2.05) is 0 Å². The molecule has 0 aromatic heterocycles. The lowest BCUT2D eigenvalue weighted by Gasteiger charge is -2.55. The van der Waals surface area contributed by atoms with Gasteiger partial charge in [-0.1, -0.05) is 39.0 Å². The van der Waals surface area contributed by atoms with Gasteiger partial charge in [0.25, 0.3) is 0 Å². The van der Waals surface area contributed by atoms with Crippen molar-refractivity contribution in [1.82, 2.24) is 4.90 Å². The fourth-order valence-corrected chi connectivity index (χ4v) is 4.88. The minimum atomic E-state index is -0.0386. The molecule has 2 nitrogen and oxygen atoms in total. The topological polar surface area (TPSA) is 20.3 Å². The minimum absolute atomic E-state index is 0.0386. The molecule has 1 aromatic rings. The van der Waals surface area contributed by atoms with Crippen LogP contribution in [0.2, 0.25) is 0 Å². The fraction of sp³-hybridized carbons (Fsp3) is 0.632. The molecule has 3 fully saturated rings. The summed E-state index contributed by atoms with van der Waals surface area (Å²) in [5.74, 6) is 1.02. The van der Waals surface area contributed by atoms with Crippen molar-refractivity contribution < 1.29 is 4.79 Å². The lowest BCUT2D eigenvalue weighted by Crippen LogP contribution is -2.60. The second-order valence-electron chi connectivity index (χ2n) is 8.28. The van der Waals surface area contributed by atoms with E-state index in [1.54, 1.807) is 0 Å². The first kappa shape index (κ1) is 13.5.